The molecule has 2 heterocycles. The van der Waals surface area contributed by atoms with Crippen LogP contribution in [0.15, 0.2) is 24.8 Å². The van der Waals surface area contributed by atoms with Crippen LogP contribution >= 0.6 is 0 Å². The normalized spacial score (nSPS) is 14.1. The van der Waals surface area contributed by atoms with Gasteiger partial charge in [0.25, 0.3) is 11.9 Å². The summed E-state index contributed by atoms with van der Waals surface area (Å²) >= 11 is 0. The zero-order valence-corrected chi connectivity index (χ0v) is 17.1. The van der Waals surface area contributed by atoms with E-state index in [9.17, 15) is 0 Å². The maximum atomic E-state index is 9.00. The highest BCUT2D eigenvalue weighted by Gasteiger charge is 2.05. The van der Waals surface area contributed by atoms with Crippen LogP contribution in [-0.2, 0) is 9.59 Å². The van der Waals surface area contributed by atoms with Crippen molar-refractivity contribution < 1.29 is 19.8 Å². The molecule has 2 rings (SSSR count). The highest BCUT2D eigenvalue weighted by molar-refractivity contribution is 5.63. The molecule has 0 bridgehead atoms. The third-order valence-corrected chi connectivity index (χ3v) is 3.08. The zero-order valence-electron chi connectivity index (χ0n) is 17.1. The molecule has 0 radical (unpaired) electrons. The molecule has 0 aromatic carbocycles. The summed E-state index contributed by atoms with van der Waals surface area (Å²) in [4.78, 5) is 26.9. The molecule has 8 heteroatoms. The molecule has 2 aliphatic heterocycles. The average molecular weight is 373 g/mol. The molecule has 0 spiro atoms. The lowest BCUT2D eigenvalue weighted by molar-refractivity contribution is -0.135. The molecule has 2 N–H and O–H groups in total. The van der Waals surface area contributed by atoms with Gasteiger partial charge in [-0.3, -0.25) is 9.59 Å². The van der Waals surface area contributed by atoms with Crippen LogP contribution in [0.2, 0.25) is 0 Å². The number of carboxylic acid groups (broad SMARTS) is 2. The van der Waals surface area contributed by atoms with Gasteiger partial charge in [-0.25, -0.2) is 0 Å². The smallest absolute Gasteiger partial charge is 0.300 e. The molecule has 0 amide bonds. The van der Waals surface area contributed by atoms with Gasteiger partial charge < -0.3 is 29.8 Å². The fourth-order valence-electron chi connectivity index (χ4n) is 1.89. The van der Waals surface area contributed by atoms with Crippen LogP contribution in [-0.4, -0.2) is 82.3 Å². The topological polar surface area (TPSA) is 87.6 Å². The lowest BCUT2D eigenvalue weighted by atomic mass is 10.3. The highest BCUT2D eigenvalue weighted by atomic mass is 16.4. The Morgan fingerprint density at radius 1 is 0.846 bits per heavy atom. The molecule has 152 valence electrons. The summed E-state index contributed by atoms with van der Waals surface area (Å²) in [5.74, 6) is -1.67. The maximum absolute atomic E-state index is 9.00. The molecule has 0 aromatic rings. The Morgan fingerprint density at radius 3 is 1.46 bits per heavy atom. The van der Waals surface area contributed by atoms with Crippen molar-refractivity contribution in [3.8, 4) is 0 Å². The predicted octanol–water partition coefficient (Wildman–Crippen LogP) is 2.33. The molecule has 0 aromatic heterocycles. The summed E-state index contributed by atoms with van der Waals surface area (Å²) in [7, 11) is 4.18. The quantitative estimate of drug-likeness (QED) is 0.777. The number of carboxylic acids is 2. The first kappa shape index (κ1) is 25.9. The third-order valence-electron chi connectivity index (χ3n) is 3.08. The number of unbranched alkanes of at least 4 members (excludes halogenated alkanes) is 1. The second kappa shape index (κ2) is 16.1. The molecular formula is C18H36N4O4. The summed E-state index contributed by atoms with van der Waals surface area (Å²) in [5, 5.41) is 14.8. The van der Waals surface area contributed by atoms with Crippen molar-refractivity contribution in [1.82, 2.24) is 19.6 Å². The largest absolute Gasteiger partial charge is 0.481 e. The van der Waals surface area contributed by atoms with Crippen molar-refractivity contribution in [2.75, 3.05) is 40.5 Å². The Labute approximate surface area is 158 Å². The molecule has 8 nitrogen and oxygen atoms in total. The van der Waals surface area contributed by atoms with Crippen molar-refractivity contribution in [1.29, 1.82) is 0 Å². The van der Waals surface area contributed by atoms with Crippen LogP contribution in [0, 0.1) is 0 Å². The first-order chi connectivity index (χ1) is 12.1. The monoisotopic (exact) mass is 372 g/mol. The minimum atomic E-state index is -0.833. The van der Waals surface area contributed by atoms with E-state index in [0.717, 1.165) is 33.7 Å². The molecule has 0 fully saturated rings. The van der Waals surface area contributed by atoms with E-state index in [0.29, 0.717) is 0 Å². The van der Waals surface area contributed by atoms with E-state index in [-0.39, 0.29) is 0 Å². The van der Waals surface area contributed by atoms with Gasteiger partial charge in [-0.2, -0.15) is 0 Å². The van der Waals surface area contributed by atoms with Crippen molar-refractivity contribution in [3.63, 3.8) is 0 Å². The lowest BCUT2D eigenvalue weighted by Crippen LogP contribution is -2.23. The fourth-order valence-corrected chi connectivity index (χ4v) is 1.89. The predicted molar refractivity (Wildman–Crippen MR) is 104 cm³/mol. The number of nitrogens with zero attached hydrogens (tertiary/aromatic N) is 4. The second-order valence-electron chi connectivity index (χ2n) is 6.00. The van der Waals surface area contributed by atoms with Crippen molar-refractivity contribution in [3.05, 3.63) is 24.8 Å². The molecular weight excluding hydrogens is 336 g/mol. The summed E-state index contributed by atoms with van der Waals surface area (Å²) in [6.07, 6.45) is 11.1. The number of hydrogen-bond donors (Lipinski definition) is 2. The molecule has 26 heavy (non-hydrogen) atoms. The standard InChI is InChI=1S/C8H16N2.C6H12N2.2C2H4O2/c1-3-4-5-10-7-6-9(2)8-10;1-3-8-5-4-7(2)6-8;2*1-2(3)4/h6-7H,3-5,8H2,1-2H3;4-5H,3,6H2,1-2H3;2*1H3,(H,3,4). The van der Waals surface area contributed by atoms with Gasteiger partial charge in [-0.1, -0.05) is 13.3 Å². The Balaban J connectivity index is 0. The van der Waals surface area contributed by atoms with Gasteiger partial charge in [-0.15, -0.1) is 0 Å². The van der Waals surface area contributed by atoms with Crippen LogP contribution in [0.5, 0.6) is 0 Å². The van der Waals surface area contributed by atoms with Gasteiger partial charge in [0.05, 0.1) is 13.3 Å². The lowest BCUT2D eigenvalue weighted by Gasteiger charge is -2.17. The fraction of sp³-hybridized carbons (Fsp3) is 0.667. The van der Waals surface area contributed by atoms with Gasteiger partial charge in [0, 0.05) is 65.8 Å². The van der Waals surface area contributed by atoms with Crippen LogP contribution in [0.4, 0.5) is 0 Å². The second-order valence-corrected chi connectivity index (χ2v) is 6.00. The number of carbonyl (C=O) groups is 2. The van der Waals surface area contributed by atoms with Crippen LogP contribution in [0.1, 0.15) is 40.5 Å². The maximum Gasteiger partial charge on any atom is 0.300 e. The van der Waals surface area contributed by atoms with Gasteiger partial charge in [0.2, 0.25) is 0 Å². The van der Waals surface area contributed by atoms with E-state index in [1.54, 1.807) is 0 Å². The Kier molecular flexibility index (Phi) is 16.0. The van der Waals surface area contributed by atoms with Crippen LogP contribution in [0.25, 0.3) is 0 Å². The molecule has 2 aliphatic rings. The summed E-state index contributed by atoms with van der Waals surface area (Å²) < 4.78 is 0. The van der Waals surface area contributed by atoms with Gasteiger partial charge in [0.15, 0.2) is 0 Å². The van der Waals surface area contributed by atoms with Crippen molar-refractivity contribution >= 4 is 11.9 Å². The van der Waals surface area contributed by atoms with E-state index in [2.05, 4.69) is 72.3 Å². The van der Waals surface area contributed by atoms with Crippen molar-refractivity contribution in [2.24, 2.45) is 0 Å². The number of hydrogen-bond acceptors (Lipinski definition) is 6. The third kappa shape index (κ3) is 19.7. The van der Waals surface area contributed by atoms with Gasteiger partial charge in [0.1, 0.15) is 0 Å². The Morgan fingerprint density at radius 2 is 1.23 bits per heavy atom. The number of aliphatic carboxylic acids is 2. The first-order valence-electron chi connectivity index (χ1n) is 8.76. The average Bonchev–Trinajstić information content (AvgIpc) is 3.13. The van der Waals surface area contributed by atoms with Crippen molar-refractivity contribution in [2.45, 2.75) is 40.5 Å². The van der Waals surface area contributed by atoms with E-state index >= 15 is 0 Å². The highest BCUT2D eigenvalue weighted by Crippen LogP contribution is 2.04. The van der Waals surface area contributed by atoms with Crippen LogP contribution in [0.3, 0.4) is 0 Å². The van der Waals surface area contributed by atoms with E-state index in [1.807, 2.05) is 0 Å². The van der Waals surface area contributed by atoms with Gasteiger partial charge >= 0.3 is 0 Å². The molecule has 0 aliphatic carbocycles. The zero-order chi connectivity index (χ0) is 20.5. The molecule has 0 atom stereocenters. The van der Waals surface area contributed by atoms with Gasteiger partial charge in [-0.05, 0) is 13.3 Å². The summed E-state index contributed by atoms with van der Waals surface area (Å²) in [6, 6.07) is 0. The molecule has 0 saturated carbocycles. The van der Waals surface area contributed by atoms with E-state index in [4.69, 9.17) is 19.8 Å². The minimum Gasteiger partial charge on any atom is -0.481 e. The van der Waals surface area contributed by atoms with Crippen LogP contribution < -0.4 is 0 Å². The summed E-state index contributed by atoms with van der Waals surface area (Å²) in [5.41, 5.74) is 0. The molecule has 0 unspecified atom stereocenters. The minimum absolute atomic E-state index is 0.833. The Hall–Kier alpha value is -2.38. The SMILES string of the molecule is CC(=O)O.CC(=O)O.CCCCN1C=CN(C)C1.CCN1C=CN(C)C1. The van der Waals surface area contributed by atoms with E-state index < -0.39 is 11.9 Å². The molecule has 0 saturated heterocycles. The number of rotatable bonds is 4. The van der Waals surface area contributed by atoms with E-state index in [1.165, 1.54) is 19.4 Å². The summed E-state index contributed by atoms with van der Waals surface area (Å²) in [6.45, 7) is 11.0. The first-order valence-corrected chi connectivity index (χ1v) is 8.76. The Bertz CT molecular complexity index is 421.